The van der Waals surface area contributed by atoms with E-state index in [0.717, 1.165) is 6.07 Å². The normalized spacial score (nSPS) is 13.4. The summed E-state index contributed by atoms with van der Waals surface area (Å²) in [6.07, 6.45) is 1.32. The van der Waals surface area contributed by atoms with Crippen molar-refractivity contribution >= 4 is 52.2 Å². The summed E-state index contributed by atoms with van der Waals surface area (Å²) in [6, 6.07) is 8.83. The molecule has 1 saturated heterocycles. The van der Waals surface area contributed by atoms with Crippen LogP contribution in [0.3, 0.4) is 0 Å². The van der Waals surface area contributed by atoms with E-state index in [1.807, 2.05) is 29.5 Å². The molecule has 3 rings (SSSR count). The largest absolute Gasteiger partial charge is 0.490 e. The van der Waals surface area contributed by atoms with Gasteiger partial charge >= 0.3 is 11.8 Å². The average molecular weight is 598 g/mol. The van der Waals surface area contributed by atoms with Crippen LogP contribution in [0.2, 0.25) is 0 Å². The van der Waals surface area contributed by atoms with Gasteiger partial charge in [0.15, 0.2) is 18.1 Å². The Balaban J connectivity index is 1.61. The number of hydrogen-bond donors (Lipinski definition) is 2. The van der Waals surface area contributed by atoms with E-state index in [4.69, 9.17) is 14.2 Å². The van der Waals surface area contributed by atoms with Crippen molar-refractivity contribution in [2.45, 2.75) is 6.92 Å². The minimum absolute atomic E-state index is 0.116. The molecule has 0 atom stereocenters. The molecule has 10 nitrogen and oxygen atoms in total. The number of hydrazone groups is 1. The second kappa shape index (κ2) is 13.0. The molecular weight excluding hydrogens is 574 g/mol. The number of nitrogens with zero attached hydrogens (tertiary/aromatic N) is 2. The predicted molar refractivity (Wildman–Crippen MR) is 134 cm³/mol. The van der Waals surface area contributed by atoms with Gasteiger partial charge in [0.25, 0.3) is 5.91 Å². The molecule has 2 N–H and O–H groups in total. The highest BCUT2D eigenvalue weighted by Crippen LogP contribution is 2.34. The highest BCUT2D eigenvalue weighted by atomic mass is 127. The zero-order chi connectivity index (χ0) is 25.2. The zero-order valence-corrected chi connectivity index (χ0v) is 21.0. The lowest BCUT2D eigenvalue weighted by atomic mass is 10.2. The maximum absolute atomic E-state index is 13.6. The first-order chi connectivity index (χ1) is 16.9. The van der Waals surface area contributed by atoms with Crippen LogP contribution in [0.1, 0.15) is 12.5 Å². The minimum Gasteiger partial charge on any atom is -0.490 e. The molecule has 0 radical (unpaired) electrons. The van der Waals surface area contributed by atoms with Crippen LogP contribution < -0.4 is 20.2 Å². The standard InChI is InChI=1S/C23H24FIN4O6/c1-2-34-19-12-15(11-17(25)21(19)35-14-20(30)29-7-9-33-10-8-29)13-26-28-23(32)22(31)27-18-6-4-3-5-16(18)24/h3-6,11-13H,2,7-10,14H2,1H3,(H,27,31)(H,28,32)/b26-13-. The van der Waals surface area contributed by atoms with E-state index in [1.54, 1.807) is 17.0 Å². The first-order valence-corrected chi connectivity index (χ1v) is 11.8. The molecular formula is C23H24FIN4O6. The fourth-order valence-electron chi connectivity index (χ4n) is 3.06. The molecule has 12 heteroatoms. The summed E-state index contributed by atoms with van der Waals surface area (Å²) < 4.78 is 31.0. The number of carbonyl (C=O) groups excluding carboxylic acids is 3. The summed E-state index contributed by atoms with van der Waals surface area (Å²) in [4.78, 5) is 38.0. The van der Waals surface area contributed by atoms with E-state index in [0.29, 0.717) is 53.5 Å². The number of nitrogens with one attached hydrogen (secondary N) is 2. The highest BCUT2D eigenvalue weighted by molar-refractivity contribution is 14.1. The number of carbonyl (C=O) groups is 3. The number of halogens is 2. The number of amides is 3. The average Bonchev–Trinajstić information content (AvgIpc) is 2.85. The maximum atomic E-state index is 13.6. The van der Waals surface area contributed by atoms with Crippen molar-refractivity contribution in [3.05, 3.63) is 51.3 Å². The van der Waals surface area contributed by atoms with Gasteiger partial charge in [-0.15, -0.1) is 0 Å². The van der Waals surface area contributed by atoms with Gasteiger partial charge < -0.3 is 24.4 Å². The number of morpholine rings is 1. The van der Waals surface area contributed by atoms with Gasteiger partial charge in [-0.25, -0.2) is 9.82 Å². The van der Waals surface area contributed by atoms with Crippen LogP contribution in [0.15, 0.2) is 41.5 Å². The van der Waals surface area contributed by atoms with E-state index in [2.05, 4.69) is 15.8 Å². The predicted octanol–water partition coefficient (Wildman–Crippen LogP) is 2.16. The molecule has 0 spiro atoms. The quantitative estimate of drug-likeness (QED) is 0.208. The summed E-state index contributed by atoms with van der Waals surface area (Å²) in [5.41, 5.74) is 2.53. The Labute approximate surface area is 214 Å². The Kier molecular flexibility index (Phi) is 9.78. The van der Waals surface area contributed by atoms with Crippen LogP contribution in [0, 0.1) is 9.39 Å². The summed E-state index contributed by atoms with van der Waals surface area (Å²) in [5, 5.41) is 5.95. The van der Waals surface area contributed by atoms with Crippen molar-refractivity contribution in [1.82, 2.24) is 10.3 Å². The Hall–Kier alpha value is -3.26. The molecule has 3 amide bonds. The number of ether oxygens (including phenoxy) is 3. The van der Waals surface area contributed by atoms with E-state index in [-0.39, 0.29) is 18.2 Å². The van der Waals surface area contributed by atoms with Gasteiger partial charge in [-0.2, -0.15) is 5.10 Å². The zero-order valence-electron chi connectivity index (χ0n) is 18.9. The lowest BCUT2D eigenvalue weighted by Gasteiger charge is -2.27. The molecule has 1 aliphatic rings. The van der Waals surface area contributed by atoms with Crippen LogP contribution in [-0.4, -0.2) is 68.4 Å². The molecule has 186 valence electrons. The Bertz CT molecular complexity index is 1110. The van der Waals surface area contributed by atoms with Gasteiger partial charge in [0, 0.05) is 13.1 Å². The first-order valence-electron chi connectivity index (χ1n) is 10.7. The van der Waals surface area contributed by atoms with Crippen LogP contribution in [0.4, 0.5) is 10.1 Å². The number of hydrogen-bond acceptors (Lipinski definition) is 7. The van der Waals surface area contributed by atoms with Gasteiger partial charge in [-0.05, 0) is 59.3 Å². The molecule has 0 aromatic heterocycles. The molecule has 1 heterocycles. The molecule has 2 aromatic carbocycles. The van der Waals surface area contributed by atoms with E-state index in [9.17, 15) is 18.8 Å². The van der Waals surface area contributed by atoms with Crippen molar-refractivity contribution in [3.8, 4) is 11.5 Å². The van der Waals surface area contributed by atoms with Gasteiger partial charge in [0.1, 0.15) is 5.82 Å². The lowest BCUT2D eigenvalue weighted by molar-refractivity contribution is -0.137. The Morgan fingerprint density at radius 2 is 1.91 bits per heavy atom. The third-order valence-corrected chi connectivity index (χ3v) is 5.54. The van der Waals surface area contributed by atoms with Gasteiger partial charge in [-0.3, -0.25) is 14.4 Å². The molecule has 0 saturated carbocycles. The Morgan fingerprint density at radius 1 is 1.17 bits per heavy atom. The summed E-state index contributed by atoms with van der Waals surface area (Å²) in [5.74, 6) is -2.12. The molecule has 1 fully saturated rings. The molecule has 0 aliphatic carbocycles. The van der Waals surface area contributed by atoms with Crippen LogP contribution >= 0.6 is 22.6 Å². The third kappa shape index (κ3) is 7.62. The molecule has 0 bridgehead atoms. The van der Waals surface area contributed by atoms with Crippen LogP contribution in [-0.2, 0) is 19.1 Å². The molecule has 2 aromatic rings. The summed E-state index contributed by atoms with van der Waals surface area (Å²) >= 11 is 2.05. The topological polar surface area (TPSA) is 119 Å². The highest BCUT2D eigenvalue weighted by Gasteiger charge is 2.20. The fraction of sp³-hybridized carbons (Fsp3) is 0.304. The van der Waals surface area contributed by atoms with Crippen molar-refractivity contribution in [2.75, 3.05) is 44.8 Å². The first kappa shape index (κ1) is 26.3. The van der Waals surface area contributed by atoms with Gasteiger partial charge in [-0.1, -0.05) is 12.1 Å². The molecule has 35 heavy (non-hydrogen) atoms. The van der Waals surface area contributed by atoms with Gasteiger partial charge in [0.05, 0.1) is 35.3 Å². The van der Waals surface area contributed by atoms with E-state index >= 15 is 0 Å². The van der Waals surface area contributed by atoms with Gasteiger partial charge in [0.2, 0.25) is 0 Å². The molecule has 0 unspecified atom stereocenters. The van der Waals surface area contributed by atoms with Crippen LogP contribution in [0.5, 0.6) is 11.5 Å². The van der Waals surface area contributed by atoms with E-state index < -0.39 is 17.6 Å². The van der Waals surface area contributed by atoms with Crippen molar-refractivity contribution < 1.29 is 33.0 Å². The summed E-state index contributed by atoms with van der Waals surface area (Å²) in [6.45, 7) is 4.08. The molecule has 1 aliphatic heterocycles. The maximum Gasteiger partial charge on any atom is 0.329 e. The van der Waals surface area contributed by atoms with Crippen molar-refractivity contribution in [2.24, 2.45) is 5.10 Å². The van der Waals surface area contributed by atoms with E-state index in [1.165, 1.54) is 24.4 Å². The minimum atomic E-state index is -1.06. The number of para-hydroxylation sites is 1. The number of benzene rings is 2. The fourth-order valence-corrected chi connectivity index (χ4v) is 3.84. The second-order valence-electron chi connectivity index (χ2n) is 7.18. The number of rotatable bonds is 8. The monoisotopic (exact) mass is 598 g/mol. The van der Waals surface area contributed by atoms with Crippen LogP contribution in [0.25, 0.3) is 0 Å². The number of anilines is 1. The Morgan fingerprint density at radius 3 is 2.63 bits per heavy atom. The summed E-state index contributed by atoms with van der Waals surface area (Å²) in [7, 11) is 0. The smallest absolute Gasteiger partial charge is 0.329 e. The third-order valence-electron chi connectivity index (χ3n) is 4.74. The van der Waals surface area contributed by atoms with Crippen molar-refractivity contribution in [3.63, 3.8) is 0 Å². The second-order valence-corrected chi connectivity index (χ2v) is 8.34. The SMILES string of the molecule is CCOc1cc(/C=N\NC(=O)C(=O)Nc2ccccc2F)cc(I)c1OCC(=O)N1CCOCC1. The van der Waals surface area contributed by atoms with Crippen molar-refractivity contribution in [1.29, 1.82) is 0 Å². The lowest BCUT2D eigenvalue weighted by Crippen LogP contribution is -2.43.